The Morgan fingerprint density at radius 1 is 1.43 bits per heavy atom. The first-order valence-corrected chi connectivity index (χ1v) is 6.71. The van der Waals surface area contributed by atoms with E-state index in [1.54, 1.807) is 38.7 Å². The summed E-state index contributed by atoms with van der Waals surface area (Å²) in [5.41, 5.74) is -0.0840. The number of methoxy groups -OCH3 is 1. The standard InChI is InChI=1S/C14H23N3O4/c1-14(2,3)21-13(19)16-11(9-20-5)6-12(18)10-7-15-17(4)8-10/h7-8,11H,6,9H2,1-5H3,(H,16,19). The molecule has 0 spiro atoms. The second-order valence-electron chi connectivity index (χ2n) is 5.83. The number of ketones is 1. The molecule has 7 nitrogen and oxygen atoms in total. The van der Waals surface area contributed by atoms with Gasteiger partial charge in [0.1, 0.15) is 5.60 Å². The van der Waals surface area contributed by atoms with Crippen LogP contribution in [0.5, 0.6) is 0 Å². The first-order chi connectivity index (χ1) is 9.71. The fourth-order valence-electron chi connectivity index (χ4n) is 1.73. The fourth-order valence-corrected chi connectivity index (χ4v) is 1.73. The Hall–Kier alpha value is -1.89. The minimum absolute atomic E-state index is 0.110. The van der Waals surface area contributed by atoms with Crippen molar-refractivity contribution in [2.45, 2.75) is 38.8 Å². The van der Waals surface area contributed by atoms with Crippen LogP contribution in [-0.4, -0.2) is 47.0 Å². The van der Waals surface area contributed by atoms with Gasteiger partial charge in [0.2, 0.25) is 0 Å². The number of rotatable bonds is 6. The van der Waals surface area contributed by atoms with Crippen molar-refractivity contribution >= 4 is 11.9 Å². The molecule has 1 aromatic heterocycles. The summed E-state index contributed by atoms with van der Waals surface area (Å²) in [6.07, 6.45) is 2.70. The summed E-state index contributed by atoms with van der Waals surface area (Å²) in [5, 5.41) is 6.60. The summed E-state index contributed by atoms with van der Waals surface area (Å²) in [4.78, 5) is 23.9. The van der Waals surface area contributed by atoms with E-state index < -0.39 is 17.7 Å². The van der Waals surface area contributed by atoms with Crippen LogP contribution in [0.2, 0.25) is 0 Å². The molecule has 7 heteroatoms. The lowest BCUT2D eigenvalue weighted by Crippen LogP contribution is -2.42. The maximum absolute atomic E-state index is 12.1. The van der Waals surface area contributed by atoms with Crippen LogP contribution in [-0.2, 0) is 16.5 Å². The zero-order valence-corrected chi connectivity index (χ0v) is 13.2. The summed E-state index contributed by atoms with van der Waals surface area (Å²) in [7, 11) is 3.25. The van der Waals surface area contributed by atoms with Gasteiger partial charge in [-0.1, -0.05) is 0 Å². The van der Waals surface area contributed by atoms with Crippen molar-refractivity contribution in [3.63, 3.8) is 0 Å². The Labute approximate surface area is 124 Å². The van der Waals surface area contributed by atoms with Gasteiger partial charge in [-0.3, -0.25) is 9.48 Å². The number of hydrogen-bond acceptors (Lipinski definition) is 5. The third kappa shape index (κ3) is 6.40. The minimum atomic E-state index is -0.588. The highest BCUT2D eigenvalue weighted by atomic mass is 16.6. The molecule has 0 fully saturated rings. The zero-order valence-electron chi connectivity index (χ0n) is 13.2. The third-order valence-electron chi connectivity index (χ3n) is 2.55. The zero-order chi connectivity index (χ0) is 16.0. The number of aromatic nitrogens is 2. The molecule has 1 rings (SSSR count). The van der Waals surface area contributed by atoms with E-state index in [4.69, 9.17) is 9.47 Å². The second kappa shape index (κ2) is 7.21. The van der Waals surface area contributed by atoms with Crippen LogP contribution in [0.3, 0.4) is 0 Å². The van der Waals surface area contributed by atoms with Crippen LogP contribution in [0.15, 0.2) is 12.4 Å². The summed E-state index contributed by atoms with van der Waals surface area (Å²) in [6.45, 7) is 5.56. The molecule has 0 saturated carbocycles. The lowest BCUT2D eigenvalue weighted by molar-refractivity contribution is 0.0464. The molecule has 0 aliphatic rings. The predicted octanol–water partition coefficient (Wildman–Crippen LogP) is 1.53. The Bertz CT molecular complexity index is 491. The summed E-state index contributed by atoms with van der Waals surface area (Å²) < 4.78 is 11.8. The minimum Gasteiger partial charge on any atom is -0.444 e. The molecule has 1 amide bonds. The number of hydrogen-bond donors (Lipinski definition) is 1. The number of carbonyl (C=O) groups is 2. The molecule has 1 N–H and O–H groups in total. The Morgan fingerprint density at radius 2 is 2.10 bits per heavy atom. The van der Waals surface area contributed by atoms with E-state index in [0.29, 0.717) is 5.56 Å². The second-order valence-corrected chi connectivity index (χ2v) is 5.83. The molecule has 0 bridgehead atoms. The maximum Gasteiger partial charge on any atom is 0.407 e. The average Bonchev–Trinajstić information content (AvgIpc) is 2.73. The first kappa shape index (κ1) is 17.2. The first-order valence-electron chi connectivity index (χ1n) is 6.71. The van der Waals surface area contributed by atoms with E-state index in [9.17, 15) is 9.59 Å². The van der Waals surface area contributed by atoms with Gasteiger partial charge in [-0.2, -0.15) is 5.10 Å². The number of carbonyl (C=O) groups excluding carboxylic acids is 2. The highest BCUT2D eigenvalue weighted by molar-refractivity contribution is 5.96. The molecular formula is C14H23N3O4. The van der Waals surface area contributed by atoms with Crippen LogP contribution in [0.25, 0.3) is 0 Å². The van der Waals surface area contributed by atoms with Gasteiger partial charge < -0.3 is 14.8 Å². The Morgan fingerprint density at radius 3 is 2.57 bits per heavy atom. The quantitative estimate of drug-likeness (QED) is 0.805. The SMILES string of the molecule is COCC(CC(=O)c1cnn(C)c1)NC(=O)OC(C)(C)C. The van der Waals surface area contributed by atoms with Crippen molar-refractivity contribution in [2.75, 3.05) is 13.7 Å². The van der Waals surface area contributed by atoms with E-state index >= 15 is 0 Å². The number of nitrogens with one attached hydrogen (secondary N) is 1. The Balaban J connectivity index is 2.61. The number of Topliss-reactive ketones (excluding diaryl/α,β-unsaturated/α-hetero) is 1. The van der Waals surface area contributed by atoms with Gasteiger partial charge in [0, 0.05) is 26.8 Å². The molecule has 21 heavy (non-hydrogen) atoms. The molecule has 0 aromatic carbocycles. The van der Waals surface area contributed by atoms with Crippen LogP contribution in [0.1, 0.15) is 37.6 Å². The molecule has 1 atom stereocenters. The smallest absolute Gasteiger partial charge is 0.407 e. The van der Waals surface area contributed by atoms with E-state index in [0.717, 1.165) is 0 Å². The normalized spacial score (nSPS) is 12.8. The molecule has 0 saturated heterocycles. The number of nitrogens with zero attached hydrogens (tertiary/aromatic N) is 2. The number of ether oxygens (including phenoxy) is 2. The van der Waals surface area contributed by atoms with Gasteiger partial charge in [0.05, 0.1) is 24.4 Å². The number of aryl methyl sites for hydroxylation is 1. The molecular weight excluding hydrogens is 274 g/mol. The predicted molar refractivity (Wildman–Crippen MR) is 77.2 cm³/mol. The Kier molecular flexibility index (Phi) is 5.90. The monoisotopic (exact) mass is 297 g/mol. The van der Waals surface area contributed by atoms with Gasteiger partial charge in [-0.25, -0.2) is 4.79 Å². The summed E-state index contributed by atoms with van der Waals surface area (Å²) in [5.74, 6) is -0.110. The molecule has 1 unspecified atom stereocenters. The van der Waals surface area contributed by atoms with Gasteiger partial charge in [-0.05, 0) is 20.8 Å². The molecule has 0 aliphatic carbocycles. The number of amides is 1. The van der Waals surface area contributed by atoms with Gasteiger partial charge >= 0.3 is 6.09 Å². The van der Waals surface area contributed by atoms with Crippen molar-refractivity contribution in [2.24, 2.45) is 7.05 Å². The van der Waals surface area contributed by atoms with Crippen molar-refractivity contribution in [1.29, 1.82) is 0 Å². The van der Waals surface area contributed by atoms with E-state index in [-0.39, 0.29) is 18.8 Å². The average molecular weight is 297 g/mol. The third-order valence-corrected chi connectivity index (χ3v) is 2.55. The molecule has 1 aromatic rings. The van der Waals surface area contributed by atoms with Gasteiger partial charge in [0.25, 0.3) is 0 Å². The van der Waals surface area contributed by atoms with Crippen molar-refractivity contribution in [1.82, 2.24) is 15.1 Å². The van der Waals surface area contributed by atoms with E-state index in [1.165, 1.54) is 13.3 Å². The molecule has 0 aliphatic heterocycles. The largest absolute Gasteiger partial charge is 0.444 e. The topological polar surface area (TPSA) is 82.5 Å². The molecule has 118 valence electrons. The summed E-state index contributed by atoms with van der Waals surface area (Å²) in [6, 6.07) is -0.447. The van der Waals surface area contributed by atoms with Gasteiger partial charge in [-0.15, -0.1) is 0 Å². The fraction of sp³-hybridized carbons (Fsp3) is 0.643. The van der Waals surface area contributed by atoms with Crippen LogP contribution < -0.4 is 5.32 Å². The van der Waals surface area contributed by atoms with Crippen molar-refractivity contribution in [3.05, 3.63) is 18.0 Å². The molecule has 1 heterocycles. The van der Waals surface area contributed by atoms with Crippen LogP contribution >= 0.6 is 0 Å². The lowest BCUT2D eigenvalue weighted by atomic mass is 10.1. The van der Waals surface area contributed by atoms with E-state index in [2.05, 4.69) is 10.4 Å². The summed E-state index contributed by atoms with van der Waals surface area (Å²) >= 11 is 0. The van der Waals surface area contributed by atoms with Crippen molar-refractivity contribution < 1.29 is 19.1 Å². The maximum atomic E-state index is 12.1. The molecule has 0 radical (unpaired) electrons. The van der Waals surface area contributed by atoms with Crippen LogP contribution in [0, 0.1) is 0 Å². The van der Waals surface area contributed by atoms with Crippen molar-refractivity contribution in [3.8, 4) is 0 Å². The van der Waals surface area contributed by atoms with Crippen LogP contribution in [0.4, 0.5) is 4.79 Å². The van der Waals surface area contributed by atoms with E-state index in [1.807, 2.05) is 0 Å². The van der Waals surface area contributed by atoms with Gasteiger partial charge in [0.15, 0.2) is 5.78 Å². The lowest BCUT2D eigenvalue weighted by Gasteiger charge is -2.23. The highest BCUT2D eigenvalue weighted by Crippen LogP contribution is 2.09. The highest BCUT2D eigenvalue weighted by Gasteiger charge is 2.22. The number of alkyl carbamates (subject to hydrolysis) is 1.